The third-order valence-electron chi connectivity index (χ3n) is 4.40. The molecule has 0 spiro atoms. The number of hydrogen-bond acceptors (Lipinski definition) is 3. The molecule has 1 aliphatic rings. The van der Waals surface area contributed by atoms with E-state index in [2.05, 4.69) is 25.1 Å². The number of methoxy groups -OCH3 is 1. The van der Waals surface area contributed by atoms with Gasteiger partial charge in [0.25, 0.3) is 5.91 Å². The van der Waals surface area contributed by atoms with Crippen molar-refractivity contribution < 1.29 is 9.53 Å². The lowest BCUT2D eigenvalue weighted by Gasteiger charge is -2.37. The Morgan fingerprint density at radius 1 is 1.17 bits per heavy atom. The number of amides is 1. The van der Waals surface area contributed by atoms with Gasteiger partial charge in [-0.15, -0.1) is 0 Å². The molecule has 1 unspecified atom stereocenters. The summed E-state index contributed by atoms with van der Waals surface area (Å²) in [6, 6.07) is 15.9. The molecule has 1 heterocycles. The number of ether oxygens (including phenoxy) is 1. The van der Waals surface area contributed by atoms with Crippen molar-refractivity contribution in [1.29, 1.82) is 0 Å². The monoisotopic (exact) mass is 310 g/mol. The van der Waals surface area contributed by atoms with Gasteiger partial charge in [0, 0.05) is 23.8 Å². The quantitative estimate of drug-likeness (QED) is 0.871. The number of carbonyl (C=O) groups excluding carboxylic acids is 1. The molecule has 1 amide bonds. The maximum atomic E-state index is 13.0. The van der Waals surface area contributed by atoms with Crippen LogP contribution in [0.5, 0.6) is 5.75 Å². The predicted molar refractivity (Wildman–Crippen MR) is 92.2 cm³/mol. The van der Waals surface area contributed by atoms with Crippen LogP contribution < -0.4 is 9.64 Å². The Morgan fingerprint density at radius 2 is 1.96 bits per heavy atom. The van der Waals surface area contributed by atoms with Gasteiger partial charge in [-0.25, -0.2) is 0 Å². The molecule has 2 aromatic carbocycles. The molecule has 0 aromatic heterocycles. The summed E-state index contributed by atoms with van der Waals surface area (Å²) in [4.78, 5) is 17.1. The van der Waals surface area contributed by atoms with Crippen LogP contribution in [0.25, 0.3) is 0 Å². The molecule has 23 heavy (non-hydrogen) atoms. The number of hydrogen-bond donors (Lipinski definition) is 0. The highest BCUT2D eigenvalue weighted by atomic mass is 16.5. The molecule has 0 aliphatic carbocycles. The number of benzene rings is 2. The van der Waals surface area contributed by atoms with Crippen molar-refractivity contribution in [2.75, 3.05) is 32.6 Å². The second-order valence-corrected chi connectivity index (χ2v) is 6.02. The molecule has 0 bridgehead atoms. The van der Waals surface area contributed by atoms with E-state index in [4.69, 9.17) is 4.74 Å². The Morgan fingerprint density at radius 3 is 2.70 bits per heavy atom. The summed E-state index contributed by atoms with van der Waals surface area (Å²) >= 11 is 0. The summed E-state index contributed by atoms with van der Waals surface area (Å²) in [5, 5.41) is 0. The maximum absolute atomic E-state index is 13.0. The Kier molecular flexibility index (Phi) is 4.35. The van der Waals surface area contributed by atoms with Gasteiger partial charge >= 0.3 is 0 Å². The fourth-order valence-electron chi connectivity index (χ4n) is 3.20. The topological polar surface area (TPSA) is 32.8 Å². The van der Waals surface area contributed by atoms with Gasteiger partial charge in [-0.05, 0) is 50.3 Å². The molecular weight excluding hydrogens is 288 g/mol. The molecule has 0 radical (unpaired) electrons. The summed E-state index contributed by atoms with van der Waals surface area (Å²) in [5.74, 6) is 0.723. The molecule has 0 saturated heterocycles. The van der Waals surface area contributed by atoms with Gasteiger partial charge in [0.1, 0.15) is 5.75 Å². The second-order valence-electron chi connectivity index (χ2n) is 6.02. The number of rotatable bonds is 3. The van der Waals surface area contributed by atoms with E-state index in [0.29, 0.717) is 17.4 Å². The van der Waals surface area contributed by atoms with Crippen molar-refractivity contribution in [2.24, 2.45) is 0 Å². The fourth-order valence-corrected chi connectivity index (χ4v) is 3.20. The first-order valence-corrected chi connectivity index (χ1v) is 7.83. The minimum Gasteiger partial charge on any atom is -0.497 e. The summed E-state index contributed by atoms with van der Waals surface area (Å²) < 4.78 is 5.23. The number of carbonyl (C=O) groups is 1. The Bertz CT molecular complexity index is 712. The van der Waals surface area contributed by atoms with Gasteiger partial charge in [0.05, 0.1) is 7.11 Å². The highest BCUT2D eigenvalue weighted by Gasteiger charge is 2.30. The minimum absolute atomic E-state index is 0.0218. The zero-order valence-corrected chi connectivity index (χ0v) is 13.8. The fraction of sp³-hybridized carbons (Fsp3) is 0.316. The SMILES string of the molecule is COc1cccc(C(=O)N2CCC(N(C)C)c3ccccc32)c1. The number of para-hydroxylation sites is 1. The first kappa shape index (κ1) is 15.6. The summed E-state index contributed by atoms with van der Waals surface area (Å²) in [7, 11) is 5.78. The lowest BCUT2D eigenvalue weighted by atomic mass is 9.95. The lowest BCUT2D eigenvalue weighted by Crippen LogP contribution is -2.39. The van der Waals surface area contributed by atoms with Crippen LogP contribution in [0.2, 0.25) is 0 Å². The molecule has 1 atom stereocenters. The molecular formula is C19H22N2O2. The molecule has 4 nitrogen and oxygen atoms in total. The van der Waals surface area contributed by atoms with Gasteiger partial charge in [-0.2, -0.15) is 0 Å². The number of fused-ring (bicyclic) bond motifs is 1. The molecule has 0 N–H and O–H groups in total. The van der Waals surface area contributed by atoms with Crippen molar-refractivity contribution in [3.63, 3.8) is 0 Å². The second kappa shape index (κ2) is 6.42. The van der Waals surface area contributed by atoms with Crippen molar-refractivity contribution in [2.45, 2.75) is 12.5 Å². The predicted octanol–water partition coefficient (Wildman–Crippen LogP) is 3.35. The van der Waals surface area contributed by atoms with Gasteiger partial charge in [-0.3, -0.25) is 4.79 Å². The van der Waals surface area contributed by atoms with Crippen LogP contribution in [0.4, 0.5) is 5.69 Å². The van der Waals surface area contributed by atoms with E-state index in [9.17, 15) is 4.79 Å². The molecule has 0 fully saturated rings. The van der Waals surface area contributed by atoms with E-state index in [-0.39, 0.29) is 5.91 Å². The van der Waals surface area contributed by atoms with Crippen molar-refractivity contribution in [3.8, 4) is 5.75 Å². The molecule has 3 rings (SSSR count). The number of nitrogens with zero attached hydrogens (tertiary/aromatic N) is 2. The smallest absolute Gasteiger partial charge is 0.258 e. The van der Waals surface area contributed by atoms with Crippen molar-refractivity contribution in [3.05, 3.63) is 59.7 Å². The summed E-state index contributed by atoms with van der Waals surface area (Å²) in [6.07, 6.45) is 0.930. The van der Waals surface area contributed by atoms with Crippen LogP contribution in [0.1, 0.15) is 28.4 Å². The van der Waals surface area contributed by atoms with E-state index in [1.54, 1.807) is 13.2 Å². The van der Waals surface area contributed by atoms with Crippen LogP contribution in [0.15, 0.2) is 48.5 Å². The minimum atomic E-state index is 0.0218. The standard InChI is InChI=1S/C19H22N2O2/c1-20(2)17-11-12-21(18-10-5-4-9-16(17)18)19(22)14-7-6-8-15(13-14)23-3/h4-10,13,17H,11-12H2,1-3H3. The third-order valence-corrected chi connectivity index (χ3v) is 4.40. The third kappa shape index (κ3) is 2.94. The molecule has 120 valence electrons. The molecule has 2 aromatic rings. The highest BCUT2D eigenvalue weighted by Crippen LogP contribution is 2.37. The summed E-state index contributed by atoms with van der Waals surface area (Å²) in [5.41, 5.74) is 2.87. The Hall–Kier alpha value is -2.33. The van der Waals surface area contributed by atoms with E-state index in [0.717, 1.165) is 18.7 Å². The van der Waals surface area contributed by atoms with Crippen molar-refractivity contribution >= 4 is 11.6 Å². The van der Waals surface area contributed by atoms with Crippen LogP contribution in [0.3, 0.4) is 0 Å². The first-order chi connectivity index (χ1) is 11.1. The van der Waals surface area contributed by atoms with E-state index < -0.39 is 0 Å². The van der Waals surface area contributed by atoms with Gasteiger partial charge in [0.15, 0.2) is 0 Å². The van der Waals surface area contributed by atoms with Gasteiger partial charge in [0.2, 0.25) is 0 Å². The van der Waals surface area contributed by atoms with Crippen molar-refractivity contribution in [1.82, 2.24) is 4.90 Å². The average molecular weight is 310 g/mol. The maximum Gasteiger partial charge on any atom is 0.258 e. The Balaban J connectivity index is 1.97. The summed E-state index contributed by atoms with van der Waals surface area (Å²) in [6.45, 7) is 0.718. The van der Waals surface area contributed by atoms with Gasteiger partial charge in [-0.1, -0.05) is 24.3 Å². The van der Waals surface area contributed by atoms with E-state index >= 15 is 0 Å². The Labute approximate surface area is 137 Å². The zero-order valence-electron chi connectivity index (χ0n) is 13.8. The van der Waals surface area contributed by atoms with Gasteiger partial charge < -0.3 is 14.5 Å². The van der Waals surface area contributed by atoms with Crippen LogP contribution >= 0.6 is 0 Å². The van der Waals surface area contributed by atoms with E-state index in [1.165, 1.54) is 5.56 Å². The zero-order chi connectivity index (χ0) is 16.4. The van der Waals surface area contributed by atoms with E-state index in [1.807, 2.05) is 41.3 Å². The highest BCUT2D eigenvalue weighted by molar-refractivity contribution is 6.07. The normalized spacial score (nSPS) is 17.0. The van der Waals surface area contributed by atoms with Crippen LogP contribution in [-0.4, -0.2) is 38.6 Å². The molecule has 4 heteroatoms. The lowest BCUT2D eigenvalue weighted by molar-refractivity contribution is 0.0980. The first-order valence-electron chi connectivity index (χ1n) is 7.83. The van der Waals surface area contributed by atoms with Crippen LogP contribution in [-0.2, 0) is 0 Å². The molecule has 1 aliphatic heterocycles. The number of anilines is 1. The van der Waals surface area contributed by atoms with Crippen LogP contribution in [0, 0.1) is 0 Å². The largest absolute Gasteiger partial charge is 0.497 e. The average Bonchev–Trinajstić information content (AvgIpc) is 2.60. The molecule has 0 saturated carbocycles.